The maximum absolute atomic E-state index is 11.7. The first-order valence-electron chi connectivity index (χ1n) is 5.41. The van der Waals surface area contributed by atoms with Gasteiger partial charge in [0.25, 0.3) is 5.91 Å². The molecular weight excluding hydrogens is 202 g/mol. The van der Waals surface area contributed by atoms with Gasteiger partial charge >= 0.3 is 0 Å². The Hall–Kier alpha value is -1.71. The third-order valence-electron chi connectivity index (χ3n) is 2.27. The standard InChI is InChI=1S/C12H19N3O/c1-4-7-14-11-8-9(5-6-10(11)13)12(16)15(2)3/h5-6,8,14H,4,7,13H2,1-3H3. The van der Waals surface area contributed by atoms with Crippen molar-refractivity contribution in [2.45, 2.75) is 13.3 Å². The molecule has 3 N–H and O–H groups in total. The number of nitrogens with zero attached hydrogens (tertiary/aromatic N) is 1. The lowest BCUT2D eigenvalue weighted by Crippen LogP contribution is -2.21. The normalized spacial score (nSPS) is 9.94. The molecule has 0 radical (unpaired) electrons. The molecular formula is C12H19N3O. The lowest BCUT2D eigenvalue weighted by molar-refractivity contribution is 0.0827. The predicted octanol–water partition coefficient (Wildman–Crippen LogP) is 1.79. The summed E-state index contributed by atoms with van der Waals surface area (Å²) in [4.78, 5) is 13.3. The minimum atomic E-state index is -0.0143. The Morgan fingerprint density at radius 3 is 2.69 bits per heavy atom. The number of nitrogen functional groups attached to an aromatic ring is 1. The van der Waals surface area contributed by atoms with Crippen molar-refractivity contribution in [1.29, 1.82) is 0 Å². The molecule has 4 nitrogen and oxygen atoms in total. The summed E-state index contributed by atoms with van der Waals surface area (Å²) in [6.45, 7) is 2.93. The maximum Gasteiger partial charge on any atom is 0.253 e. The first-order valence-corrected chi connectivity index (χ1v) is 5.41. The Kier molecular flexibility index (Phi) is 4.17. The average Bonchev–Trinajstić information content (AvgIpc) is 2.27. The van der Waals surface area contributed by atoms with Crippen LogP contribution in [0.1, 0.15) is 23.7 Å². The van der Waals surface area contributed by atoms with E-state index in [9.17, 15) is 4.79 Å². The molecule has 0 saturated carbocycles. The van der Waals surface area contributed by atoms with Crippen LogP contribution in [0.15, 0.2) is 18.2 Å². The van der Waals surface area contributed by atoms with Gasteiger partial charge in [0.15, 0.2) is 0 Å². The molecule has 0 heterocycles. The summed E-state index contributed by atoms with van der Waals surface area (Å²) in [6, 6.07) is 5.30. The Morgan fingerprint density at radius 2 is 2.12 bits per heavy atom. The van der Waals surface area contributed by atoms with Crippen LogP contribution in [0, 0.1) is 0 Å². The third kappa shape index (κ3) is 2.89. The molecule has 4 heteroatoms. The van der Waals surface area contributed by atoms with Crippen molar-refractivity contribution in [2.24, 2.45) is 0 Å². The molecule has 1 rings (SSSR count). The molecule has 0 atom stereocenters. The summed E-state index contributed by atoms with van der Waals surface area (Å²) in [7, 11) is 3.47. The molecule has 0 aliphatic carbocycles. The highest BCUT2D eigenvalue weighted by Crippen LogP contribution is 2.20. The number of nitrogens with one attached hydrogen (secondary N) is 1. The van der Waals surface area contributed by atoms with Gasteiger partial charge in [-0.25, -0.2) is 0 Å². The van der Waals surface area contributed by atoms with E-state index in [1.165, 1.54) is 0 Å². The highest BCUT2D eigenvalue weighted by atomic mass is 16.2. The average molecular weight is 221 g/mol. The van der Waals surface area contributed by atoms with E-state index in [4.69, 9.17) is 5.73 Å². The summed E-state index contributed by atoms with van der Waals surface area (Å²) in [5.41, 5.74) is 7.97. The fourth-order valence-electron chi connectivity index (χ4n) is 1.36. The molecule has 1 amide bonds. The number of anilines is 2. The zero-order chi connectivity index (χ0) is 12.1. The van der Waals surface area contributed by atoms with Gasteiger partial charge in [-0.2, -0.15) is 0 Å². The molecule has 0 saturated heterocycles. The van der Waals surface area contributed by atoms with Crippen LogP contribution in [0.25, 0.3) is 0 Å². The van der Waals surface area contributed by atoms with Gasteiger partial charge in [-0.3, -0.25) is 4.79 Å². The number of amides is 1. The summed E-state index contributed by atoms with van der Waals surface area (Å²) in [5.74, 6) is -0.0143. The van der Waals surface area contributed by atoms with Gasteiger partial charge in [-0.05, 0) is 24.6 Å². The van der Waals surface area contributed by atoms with Gasteiger partial charge in [-0.1, -0.05) is 6.92 Å². The zero-order valence-electron chi connectivity index (χ0n) is 10.1. The highest BCUT2D eigenvalue weighted by molar-refractivity contribution is 5.95. The predicted molar refractivity (Wildman–Crippen MR) is 67.7 cm³/mol. The summed E-state index contributed by atoms with van der Waals surface area (Å²) < 4.78 is 0. The monoisotopic (exact) mass is 221 g/mol. The maximum atomic E-state index is 11.7. The van der Waals surface area contributed by atoms with Crippen LogP contribution < -0.4 is 11.1 Å². The molecule has 1 aromatic rings. The molecule has 0 fully saturated rings. The first kappa shape index (κ1) is 12.4. The molecule has 0 unspecified atom stereocenters. The minimum absolute atomic E-state index is 0.0143. The minimum Gasteiger partial charge on any atom is -0.397 e. The van der Waals surface area contributed by atoms with Crippen molar-refractivity contribution >= 4 is 17.3 Å². The van der Waals surface area contributed by atoms with E-state index in [-0.39, 0.29) is 5.91 Å². The van der Waals surface area contributed by atoms with Gasteiger partial charge in [-0.15, -0.1) is 0 Å². The van der Waals surface area contributed by atoms with Crippen LogP contribution in [0.3, 0.4) is 0 Å². The number of hydrogen-bond acceptors (Lipinski definition) is 3. The molecule has 0 spiro atoms. The van der Waals surface area contributed by atoms with Crippen LogP contribution in [0.4, 0.5) is 11.4 Å². The van der Waals surface area contributed by atoms with E-state index in [1.54, 1.807) is 37.2 Å². The number of rotatable bonds is 4. The van der Waals surface area contributed by atoms with Crippen molar-refractivity contribution in [1.82, 2.24) is 4.90 Å². The van der Waals surface area contributed by atoms with Crippen molar-refractivity contribution < 1.29 is 4.79 Å². The van der Waals surface area contributed by atoms with Crippen LogP contribution in [-0.4, -0.2) is 31.4 Å². The number of nitrogens with two attached hydrogens (primary N) is 1. The quantitative estimate of drug-likeness (QED) is 0.762. The number of carbonyl (C=O) groups is 1. The Labute approximate surface area is 96.4 Å². The Balaban J connectivity index is 2.93. The van der Waals surface area contributed by atoms with Crippen molar-refractivity contribution in [2.75, 3.05) is 31.7 Å². The van der Waals surface area contributed by atoms with Crippen molar-refractivity contribution in [3.05, 3.63) is 23.8 Å². The molecule has 0 aliphatic heterocycles. The van der Waals surface area contributed by atoms with Crippen molar-refractivity contribution in [3.8, 4) is 0 Å². The second kappa shape index (κ2) is 5.39. The number of carbonyl (C=O) groups excluding carboxylic acids is 1. The van der Waals surface area contributed by atoms with E-state index in [0.29, 0.717) is 11.3 Å². The van der Waals surface area contributed by atoms with Crippen LogP contribution in [-0.2, 0) is 0 Å². The fourth-order valence-corrected chi connectivity index (χ4v) is 1.36. The SMILES string of the molecule is CCCNc1cc(C(=O)N(C)C)ccc1N. The molecule has 0 aliphatic rings. The van der Waals surface area contributed by atoms with E-state index < -0.39 is 0 Å². The third-order valence-corrected chi connectivity index (χ3v) is 2.27. The van der Waals surface area contributed by atoms with Gasteiger partial charge in [0, 0.05) is 26.2 Å². The smallest absolute Gasteiger partial charge is 0.253 e. The topological polar surface area (TPSA) is 58.4 Å². The van der Waals surface area contributed by atoms with Crippen LogP contribution in [0.2, 0.25) is 0 Å². The summed E-state index contributed by atoms with van der Waals surface area (Å²) in [6.07, 6.45) is 1.02. The van der Waals surface area contributed by atoms with Gasteiger partial charge < -0.3 is 16.0 Å². The van der Waals surface area contributed by atoms with Gasteiger partial charge in [0.2, 0.25) is 0 Å². The number of benzene rings is 1. The molecule has 1 aromatic carbocycles. The van der Waals surface area contributed by atoms with E-state index in [1.807, 2.05) is 0 Å². The lowest BCUT2D eigenvalue weighted by atomic mass is 10.1. The second-order valence-electron chi connectivity index (χ2n) is 3.93. The Morgan fingerprint density at radius 1 is 1.44 bits per heavy atom. The Bertz CT molecular complexity index is 375. The molecule has 0 aromatic heterocycles. The zero-order valence-corrected chi connectivity index (χ0v) is 10.1. The van der Waals surface area contributed by atoms with Gasteiger partial charge in [0.05, 0.1) is 11.4 Å². The van der Waals surface area contributed by atoms with E-state index >= 15 is 0 Å². The van der Waals surface area contributed by atoms with Crippen LogP contribution in [0.5, 0.6) is 0 Å². The fraction of sp³-hybridized carbons (Fsp3) is 0.417. The second-order valence-corrected chi connectivity index (χ2v) is 3.93. The first-order chi connectivity index (χ1) is 7.56. The van der Waals surface area contributed by atoms with Crippen molar-refractivity contribution in [3.63, 3.8) is 0 Å². The molecule has 0 bridgehead atoms. The number of hydrogen-bond donors (Lipinski definition) is 2. The largest absolute Gasteiger partial charge is 0.397 e. The van der Waals surface area contributed by atoms with Crippen LogP contribution >= 0.6 is 0 Å². The van der Waals surface area contributed by atoms with E-state index in [0.717, 1.165) is 18.7 Å². The molecule has 16 heavy (non-hydrogen) atoms. The summed E-state index contributed by atoms with van der Waals surface area (Å²) >= 11 is 0. The summed E-state index contributed by atoms with van der Waals surface area (Å²) in [5, 5.41) is 3.20. The lowest BCUT2D eigenvalue weighted by Gasteiger charge is -2.13. The van der Waals surface area contributed by atoms with E-state index in [2.05, 4.69) is 12.2 Å². The highest BCUT2D eigenvalue weighted by Gasteiger charge is 2.09. The molecule has 88 valence electrons. The van der Waals surface area contributed by atoms with Gasteiger partial charge in [0.1, 0.15) is 0 Å².